The van der Waals surface area contributed by atoms with Crippen molar-refractivity contribution in [3.8, 4) is 12.3 Å². The Morgan fingerprint density at radius 3 is 3.00 bits per heavy atom. The van der Waals surface area contributed by atoms with Gasteiger partial charge < -0.3 is 9.88 Å². The number of nitrogens with one attached hydrogen (secondary N) is 1. The van der Waals surface area contributed by atoms with Crippen LogP contribution in [-0.2, 0) is 20.1 Å². The van der Waals surface area contributed by atoms with Gasteiger partial charge in [-0.3, -0.25) is 4.79 Å². The molecule has 0 bridgehead atoms. The van der Waals surface area contributed by atoms with Crippen molar-refractivity contribution < 1.29 is 0 Å². The van der Waals surface area contributed by atoms with Gasteiger partial charge in [0.15, 0.2) is 5.82 Å². The maximum Gasteiger partial charge on any atom is 0.292 e. The third kappa shape index (κ3) is 2.74. The van der Waals surface area contributed by atoms with Gasteiger partial charge in [-0.25, -0.2) is 4.68 Å². The molecule has 2 aromatic heterocycles. The first-order valence-electron chi connectivity index (χ1n) is 5.39. The summed E-state index contributed by atoms with van der Waals surface area (Å²) in [7, 11) is 1.81. The molecule has 1 N–H and O–H groups in total. The molecule has 8 heteroatoms. The van der Waals surface area contributed by atoms with E-state index in [1.54, 1.807) is 10.9 Å². The van der Waals surface area contributed by atoms with Gasteiger partial charge in [0.1, 0.15) is 18.6 Å². The highest BCUT2D eigenvalue weighted by molar-refractivity contribution is 6.32. The summed E-state index contributed by atoms with van der Waals surface area (Å²) >= 11 is 5.95. The average Bonchev–Trinajstić information content (AvgIpc) is 2.79. The zero-order valence-corrected chi connectivity index (χ0v) is 10.9. The van der Waals surface area contributed by atoms with Crippen molar-refractivity contribution in [2.45, 2.75) is 13.1 Å². The first-order chi connectivity index (χ1) is 9.13. The molecule has 2 aromatic rings. The zero-order chi connectivity index (χ0) is 13.8. The van der Waals surface area contributed by atoms with Gasteiger partial charge in [0.25, 0.3) is 5.56 Å². The molecule has 0 saturated heterocycles. The number of rotatable bonds is 4. The molecule has 2 heterocycles. The van der Waals surface area contributed by atoms with Crippen molar-refractivity contribution in [1.82, 2.24) is 24.5 Å². The van der Waals surface area contributed by atoms with Gasteiger partial charge in [0.05, 0.1) is 17.8 Å². The number of nitrogens with zero attached hydrogens (tertiary/aromatic N) is 5. The highest BCUT2D eigenvalue weighted by Crippen LogP contribution is 2.15. The van der Waals surface area contributed by atoms with Crippen LogP contribution in [0.2, 0.25) is 5.02 Å². The standard InChI is InChI=1S/C11H11ClN6O/c1-3-4-18-11(19)10(8(12)5-15-18)13-6-9-16-14-7-17(9)2/h1,5,7,13H,4,6H2,2H3. The topological polar surface area (TPSA) is 77.6 Å². The number of aromatic nitrogens is 5. The van der Waals surface area contributed by atoms with Gasteiger partial charge in [0.2, 0.25) is 0 Å². The molecule has 7 nitrogen and oxygen atoms in total. The van der Waals surface area contributed by atoms with Crippen molar-refractivity contribution in [2.75, 3.05) is 5.32 Å². The molecule has 0 radical (unpaired) electrons. The van der Waals surface area contributed by atoms with E-state index < -0.39 is 0 Å². The van der Waals surface area contributed by atoms with Crippen LogP contribution in [-0.4, -0.2) is 24.5 Å². The molecule has 0 spiro atoms. The molecule has 0 aromatic carbocycles. The zero-order valence-electron chi connectivity index (χ0n) is 10.2. The number of terminal acetylenes is 1. The van der Waals surface area contributed by atoms with Crippen molar-refractivity contribution in [1.29, 1.82) is 0 Å². The molecule has 0 unspecified atom stereocenters. The molecule has 2 rings (SSSR count). The van der Waals surface area contributed by atoms with Crippen LogP contribution in [0.25, 0.3) is 0 Å². The maximum atomic E-state index is 12.0. The van der Waals surface area contributed by atoms with Crippen LogP contribution in [0.1, 0.15) is 5.82 Å². The third-order valence-electron chi connectivity index (χ3n) is 2.47. The van der Waals surface area contributed by atoms with Crippen LogP contribution in [0.15, 0.2) is 17.3 Å². The molecule has 98 valence electrons. The fraction of sp³-hybridized carbons (Fsp3) is 0.273. The normalized spacial score (nSPS) is 10.2. The molecule has 0 fully saturated rings. The monoisotopic (exact) mass is 278 g/mol. The fourth-order valence-electron chi connectivity index (χ4n) is 1.46. The van der Waals surface area contributed by atoms with Crippen molar-refractivity contribution in [2.24, 2.45) is 7.05 Å². The minimum absolute atomic E-state index is 0.0919. The van der Waals surface area contributed by atoms with Gasteiger partial charge >= 0.3 is 0 Å². The number of anilines is 1. The summed E-state index contributed by atoms with van der Waals surface area (Å²) in [6.45, 7) is 0.417. The summed E-state index contributed by atoms with van der Waals surface area (Å²) in [6, 6.07) is 0. The Hall–Kier alpha value is -2.33. The molecule has 0 atom stereocenters. The Labute approximate surface area is 114 Å². The molecule has 0 saturated carbocycles. The first kappa shape index (κ1) is 13.1. The van der Waals surface area contributed by atoms with Crippen LogP contribution in [0.4, 0.5) is 5.69 Å². The van der Waals surface area contributed by atoms with Crippen LogP contribution >= 0.6 is 11.6 Å². The Morgan fingerprint density at radius 2 is 2.37 bits per heavy atom. The highest BCUT2D eigenvalue weighted by atomic mass is 35.5. The molecule has 0 aliphatic rings. The van der Waals surface area contributed by atoms with E-state index in [0.717, 1.165) is 4.68 Å². The first-order valence-corrected chi connectivity index (χ1v) is 5.77. The van der Waals surface area contributed by atoms with Gasteiger partial charge in [0, 0.05) is 7.05 Å². The predicted molar refractivity (Wildman–Crippen MR) is 70.7 cm³/mol. The Morgan fingerprint density at radius 1 is 1.58 bits per heavy atom. The van der Waals surface area contributed by atoms with E-state index >= 15 is 0 Å². The van der Waals surface area contributed by atoms with Gasteiger partial charge in [-0.1, -0.05) is 17.5 Å². The lowest BCUT2D eigenvalue weighted by Gasteiger charge is -2.08. The van der Waals surface area contributed by atoms with Crippen molar-refractivity contribution in [3.05, 3.63) is 33.7 Å². The Kier molecular flexibility index (Phi) is 3.82. The van der Waals surface area contributed by atoms with Crippen LogP contribution in [0.3, 0.4) is 0 Å². The summed E-state index contributed by atoms with van der Waals surface area (Å²) in [5.41, 5.74) is -0.123. The summed E-state index contributed by atoms with van der Waals surface area (Å²) in [4.78, 5) is 12.0. The van der Waals surface area contributed by atoms with Gasteiger partial charge in [-0.2, -0.15) is 5.10 Å². The number of aryl methyl sites for hydroxylation is 1. The van der Waals surface area contributed by atoms with E-state index in [2.05, 4.69) is 26.5 Å². The minimum Gasteiger partial charge on any atom is -0.372 e. The minimum atomic E-state index is -0.368. The third-order valence-corrected chi connectivity index (χ3v) is 2.75. The van der Waals surface area contributed by atoms with E-state index in [9.17, 15) is 4.79 Å². The quantitative estimate of drug-likeness (QED) is 0.813. The molecule has 19 heavy (non-hydrogen) atoms. The summed E-state index contributed by atoms with van der Waals surface area (Å²) in [5.74, 6) is 3.03. The van der Waals surface area contributed by atoms with E-state index in [1.165, 1.54) is 6.20 Å². The molecular weight excluding hydrogens is 268 g/mol. The summed E-state index contributed by atoms with van der Waals surface area (Å²) in [6.07, 6.45) is 8.11. The van der Waals surface area contributed by atoms with E-state index in [-0.39, 0.29) is 22.8 Å². The second-order valence-electron chi connectivity index (χ2n) is 3.75. The fourth-order valence-corrected chi connectivity index (χ4v) is 1.65. The predicted octanol–water partition coefficient (Wildman–Crippen LogP) is 0.271. The van der Waals surface area contributed by atoms with Gasteiger partial charge in [-0.05, 0) is 0 Å². The molecule has 0 aliphatic heterocycles. The summed E-state index contributed by atoms with van der Waals surface area (Å²) in [5, 5.41) is 14.7. The number of halogens is 1. The Bertz CT molecular complexity index is 683. The van der Waals surface area contributed by atoms with E-state index in [1.807, 2.05) is 7.05 Å². The molecular formula is C11H11ClN6O. The van der Waals surface area contributed by atoms with E-state index in [0.29, 0.717) is 12.4 Å². The summed E-state index contributed by atoms with van der Waals surface area (Å²) < 4.78 is 2.90. The lowest BCUT2D eigenvalue weighted by atomic mass is 10.4. The van der Waals surface area contributed by atoms with Crippen LogP contribution < -0.4 is 10.9 Å². The van der Waals surface area contributed by atoms with Crippen LogP contribution in [0, 0.1) is 12.3 Å². The van der Waals surface area contributed by atoms with Crippen LogP contribution in [0.5, 0.6) is 0 Å². The maximum absolute atomic E-state index is 12.0. The molecule has 0 amide bonds. The van der Waals surface area contributed by atoms with Gasteiger partial charge in [-0.15, -0.1) is 16.6 Å². The van der Waals surface area contributed by atoms with Crippen molar-refractivity contribution >= 4 is 17.3 Å². The average molecular weight is 279 g/mol. The lowest BCUT2D eigenvalue weighted by molar-refractivity contribution is 0.663. The second kappa shape index (κ2) is 5.54. The van der Waals surface area contributed by atoms with E-state index in [4.69, 9.17) is 18.0 Å². The number of hydrogen-bond donors (Lipinski definition) is 1. The molecule has 0 aliphatic carbocycles. The lowest BCUT2D eigenvalue weighted by Crippen LogP contribution is -2.26. The Balaban J connectivity index is 2.25. The largest absolute Gasteiger partial charge is 0.372 e. The smallest absolute Gasteiger partial charge is 0.292 e. The highest BCUT2D eigenvalue weighted by Gasteiger charge is 2.10. The van der Waals surface area contributed by atoms with Crippen molar-refractivity contribution in [3.63, 3.8) is 0 Å². The number of hydrogen-bond acceptors (Lipinski definition) is 5. The second-order valence-corrected chi connectivity index (χ2v) is 4.15. The SMILES string of the molecule is C#CCn1ncc(Cl)c(NCc2nncn2C)c1=O.